The van der Waals surface area contributed by atoms with Gasteiger partial charge in [-0.15, -0.1) is 13.2 Å². The van der Waals surface area contributed by atoms with Crippen molar-refractivity contribution in [3.8, 4) is 17.2 Å². The molecule has 1 atom stereocenters. The van der Waals surface area contributed by atoms with Crippen molar-refractivity contribution in [3.63, 3.8) is 0 Å². The average molecular weight is 569 g/mol. The summed E-state index contributed by atoms with van der Waals surface area (Å²) in [6.07, 6.45) is -3.08. The number of aryl methyl sites for hydroxylation is 1. The van der Waals surface area contributed by atoms with E-state index in [0.717, 1.165) is 16.7 Å². The van der Waals surface area contributed by atoms with Gasteiger partial charge in [-0.2, -0.15) is 0 Å². The van der Waals surface area contributed by atoms with Crippen LogP contribution in [0.1, 0.15) is 6.42 Å². The van der Waals surface area contributed by atoms with E-state index < -0.39 is 23.4 Å². The number of halogens is 4. The van der Waals surface area contributed by atoms with E-state index in [1.165, 1.54) is 36.0 Å². The molecule has 1 aromatic carbocycles. The summed E-state index contributed by atoms with van der Waals surface area (Å²) < 4.78 is 54.3. The molecule has 0 saturated carbocycles. The molecule has 2 aromatic heterocycles. The molecule has 0 saturated heterocycles. The minimum Gasteiger partial charge on any atom is -0.456 e. The van der Waals surface area contributed by atoms with Crippen LogP contribution in [0.2, 0.25) is 0 Å². The van der Waals surface area contributed by atoms with Crippen molar-refractivity contribution in [3.05, 3.63) is 57.4 Å². The molecule has 0 radical (unpaired) electrons. The van der Waals surface area contributed by atoms with Crippen molar-refractivity contribution in [1.29, 1.82) is 0 Å². The van der Waals surface area contributed by atoms with Crippen LogP contribution in [0.3, 0.4) is 0 Å². The summed E-state index contributed by atoms with van der Waals surface area (Å²) in [6.45, 7) is 0.864. The van der Waals surface area contributed by atoms with Crippen LogP contribution >= 0.6 is 28.5 Å². The molecule has 0 amide bonds. The van der Waals surface area contributed by atoms with Crippen LogP contribution in [0.4, 0.5) is 13.2 Å². The highest BCUT2D eigenvalue weighted by Crippen LogP contribution is 2.29. The SMILES string of the molecule is Cn1c(=O)n(CCCOPI)c(=O)c2cc(Oc3cccc(OC(F)(F)F)c3)cnc21. The van der Waals surface area contributed by atoms with E-state index in [0.29, 0.717) is 13.0 Å². The summed E-state index contributed by atoms with van der Waals surface area (Å²) in [7, 11) is 1.49. The van der Waals surface area contributed by atoms with E-state index in [-0.39, 0.29) is 35.5 Å². The van der Waals surface area contributed by atoms with Gasteiger partial charge in [0.1, 0.15) is 22.9 Å². The van der Waals surface area contributed by atoms with Gasteiger partial charge in [0.05, 0.1) is 24.6 Å². The van der Waals surface area contributed by atoms with Crippen LogP contribution in [0.5, 0.6) is 17.2 Å². The number of pyridine rings is 1. The Morgan fingerprint density at radius 3 is 2.61 bits per heavy atom. The molecule has 2 heterocycles. The second kappa shape index (κ2) is 9.96. The van der Waals surface area contributed by atoms with Gasteiger partial charge in [0, 0.05) is 19.7 Å². The Morgan fingerprint density at radius 1 is 1.16 bits per heavy atom. The Labute approximate surface area is 188 Å². The first-order chi connectivity index (χ1) is 14.7. The zero-order valence-corrected chi connectivity index (χ0v) is 19.1. The number of alkyl halides is 3. The third kappa shape index (κ3) is 5.95. The van der Waals surface area contributed by atoms with Crippen LogP contribution < -0.4 is 20.7 Å². The lowest BCUT2D eigenvalue weighted by atomic mass is 10.3. The number of hydrogen-bond acceptors (Lipinski definition) is 6. The molecule has 0 fully saturated rings. The lowest BCUT2D eigenvalue weighted by Crippen LogP contribution is -2.39. The Kier molecular flexibility index (Phi) is 7.55. The van der Waals surface area contributed by atoms with Crippen molar-refractivity contribution in [2.45, 2.75) is 19.3 Å². The van der Waals surface area contributed by atoms with E-state index >= 15 is 0 Å². The molecule has 0 aliphatic rings. The van der Waals surface area contributed by atoms with Crippen molar-refractivity contribution < 1.29 is 27.2 Å². The molecule has 3 aromatic rings. The number of hydrogen-bond donors (Lipinski definition) is 0. The molecule has 8 nitrogen and oxygen atoms in total. The van der Waals surface area contributed by atoms with Gasteiger partial charge in [-0.05, 0) is 46.7 Å². The Morgan fingerprint density at radius 2 is 1.90 bits per heavy atom. The van der Waals surface area contributed by atoms with Gasteiger partial charge < -0.3 is 14.0 Å². The van der Waals surface area contributed by atoms with E-state index in [1.54, 1.807) is 0 Å². The molecule has 0 N–H and O–H groups in total. The molecule has 0 bridgehead atoms. The summed E-state index contributed by atoms with van der Waals surface area (Å²) >= 11 is 2.08. The van der Waals surface area contributed by atoms with Crippen molar-refractivity contribution in [2.75, 3.05) is 6.61 Å². The zero-order chi connectivity index (χ0) is 22.6. The molecule has 1 unspecified atom stereocenters. The summed E-state index contributed by atoms with van der Waals surface area (Å²) in [5, 5.41) is 0.138. The summed E-state index contributed by atoms with van der Waals surface area (Å²) in [4.78, 5) is 29.5. The molecule has 31 heavy (non-hydrogen) atoms. The zero-order valence-electron chi connectivity index (χ0n) is 16.0. The number of fused-ring (bicyclic) bond motifs is 1. The number of ether oxygens (including phenoxy) is 2. The maximum Gasteiger partial charge on any atom is 0.573 e. The first-order valence-electron chi connectivity index (χ1n) is 8.80. The molecule has 13 heteroatoms. The van der Waals surface area contributed by atoms with Crippen LogP contribution in [-0.4, -0.2) is 27.1 Å². The minimum atomic E-state index is -4.83. The van der Waals surface area contributed by atoms with Gasteiger partial charge in [0.15, 0.2) is 0 Å². The lowest BCUT2D eigenvalue weighted by molar-refractivity contribution is -0.274. The molecule has 0 aliphatic heterocycles. The maximum atomic E-state index is 12.8. The normalized spacial score (nSPS) is 12.0. The van der Waals surface area contributed by atoms with Crippen LogP contribution in [0, 0.1) is 0 Å². The van der Waals surface area contributed by atoms with Crippen molar-refractivity contribution in [1.82, 2.24) is 14.1 Å². The lowest BCUT2D eigenvalue weighted by Gasteiger charge is -2.12. The predicted octanol–water partition coefficient (Wildman–Crippen LogP) is 4.14. The highest BCUT2D eigenvalue weighted by atomic mass is 127. The summed E-state index contributed by atoms with van der Waals surface area (Å²) in [5.41, 5.74) is -0.882. The molecule has 3 rings (SSSR count). The van der Waals surface area contributed by atoms with Crippen molar-refractivity contribution >= 4 is 39.5 Å². The standard InChI is InChI=1S/C18H16F3IN3O5P/c1-24-15-14(16(26)25(17(24)27)6-3-7-28-31-22)9-13(10-23-15)29-11-4-2-5-12(8-11)30-18(19,20)21/h2,4-5,8-10,31H,3,6-7H2,1H3. The fraction of sp³-hybridized carbons (Fsp3) is 0.278. The molecular weight excluding hydrogens is 553 g/mol. The highest BCUT2D eigenvalue weighted by Gasteiger charge is 2.31. The number of benzene rings is 1. The topological polar surface area (TPSA) is 84.6 Å². The Hall–Kier alpha value is -2.18. The number of rotatable bonds is 8. The molecule has 166 valence electrons. The summed E-state index contributed by atoms with van der Waals surface area (Å²) in [5.74, 6) is -0.268. The molecule has 0 spiro atoms. The van der Waals surface area contributed by atoms with Crippen LogP contribution in [0.15, 0.2) is 46.1 Å². The minimum absolute atomic E-state index is 0.0600. The quantitative estimate of drug-likeness (QED) is 0.231. The van der Waals surface area contributed by atoms with E-state index in [4.69, 9.17) is 9.26 Å². The van der Waals surface area contributed by atoms with Gasteiger partial charge in [-0.1, -0.05) is 6.07 Å². The second-order valence-electron chi connectivity index (χ2n) is 6.24. The average Bonchev–Trinajstić information content (AvgIpc) is 2.70. The second-order valence-corrected chi connectivity index (χ2v) is 8.01. The third-order valence-electron chi connectivity index (χ3n) is 4.11. The number of aromatic nitrogens is 3. The van der Waals surface area contributed by atoms with Crippen LogP contribution in [-0.2, 0) is 18.1 Å². The Balaban J connectivity index is 1.92. The molecule has 0 aliphatic carbocycles. The van der Waals surface area contributed by atoms with Gasteiger partial charge in [-0.25, -0.2) is 9.78 Å². The monoisotopic (exact) mass is 569 g/mol. The van der Waals surface area contributed by atoms with E-state index in [2.05, 4.69) is 31.8 Å². The summed E-state index contributed by atoms with van der Waals surface area (Å²) in [6, 6.07) is 6.35. The van der Waals surface area contributed by atoms with Gasteiger partial charge >= 0.3 is 12.1 Å². The Bertz CT molecular complexity index is 1200. The van der Waals surface area contributed by atoms with Gasteiger partial charge in [-0.3, -0.25) is 13.9 Å². The maximum absolute atomic E-state index is 12.8. The smallest absolute Gasteiger partial charge is 0.456 e. The van der Waals surface area contributed by atoms with Crippen LogP contribution in [0.25, 0.3) is 11.0 Å². The molecular formula is C18H16F3IN3O5P. The fourth-order valence-corrected chi connectivity index (χ4v) is 3.71. The predicted molar refractivity (Wildman–Crippen MR) is 117 cm³/mol. The largest absolute Gasteiger partial charge is 0.573 e. The van der Waals surface area contributed by atoms with E-state index in [9.17, 15) is 22.8 Å². The first kappa shape index (κ1) is 23.5. The van der Waals surface area contributed by atoms with Gasteiger partial charge in [0.25, 0.3) is 5.56 Å². The highest BCUT2D eigenvalue weighted by molar-refractivity contribution is 14.2. The van der Waals surface area contributed by atoms with Crippen molar-refractivity contribution in [2.24, 2.45) is 7.05 Å². The number of nitrogens with zero attached hydrogens (tertiary/aromatic N) is 3. The fourth-order valence-electron chi connectivity index (χ4n) is 2.82. The first-order valence-corrected chi connectivity index (χ1v) is 12.8. The third-order valence-corrected chi connectivity index (χ3v) is 5.36. The van der Waals surface area contributed by atoms with E-state index in [1.807, 2.05) is 0 Å². The van der Waals surface area contributed by atoms with Gasteiger partial charge in [0.2, 0.25) is 0 Å².